The first-order valence-corrected chi connectivity index (χ1v) is 13.6. The van der Waals surface area contributed by atoms with E-state index in [1.807, 2.05) is 37.4 Å². The Kier molecular flexibility index (Phi) is 5.55. The van der Waals surface area contributed by atoms with Gasteiger partial charge in [-0.25, -0.2) is 13.4 Å². The van der Waals surface area contributed by atoms with E-state index in [9.17, 15) is 8.42 Å². The largest absolute Gasteiger partial charge is 0.489 e. The number of aromatic nitrogens is 2. The zero-order chi connectivity index (χ0) is 24.2. The van der Waals surface area contributed by atoms with Crippen LogP contribution in [-0.2, 0) is 14.6 Å². The first-order valence-electron chi connectivity index (χ1n) is 12.1. The van der Waals surface area contributed by atoms with E-state index < -0.39 is 9.84 Å². The SMILES string of the molecule is Cc1cnc2[nH]c3c(OC[C@H]4CN(C)CCO4)ccc(-c4cccc(S(=O)(=O)C5CC5)c4)c3c2c1. The van der Waals surface area contributed by atoms with Gasteiger partial charge in [0.25, 0.3) is 0 Å². The smallest absolute Gasteiger partial charge is 0.181 e. The Morgan fingerprint density at radius 2 is 2.06 bits per heavy atom. The molecule has 35 heavy (non-hydrogen) atoms. The van der Waals surface area contributed by atoms with Crippen LogP contribution in [-0.4, -0.2) is 68.0 Å². The Balaban J connectivity index is 1.45. The van der Waals surface area contributed by atoms with Gasteiger partial charge < -0.3 is 19.4 Å². The summed E-state index contributed by atoms with van der Waals surface area (Å²) in [5.74, 6) is 0.734. The lowest BCUT2D eigenvalue weighted by molar-refractivity contribution is -0.0401. The van der Waals surface area contributed by atoms with Gasteiger partial charge in [0.15, 0.2) is 9.84 Å². The van der Waals surface area contributed by atoms with Crippen molar-refractivity contribution < 1.29 is 17.9 Å². The minimum atomic E-state index is -3.28. The van der Waals surface area contributed by atoms with Gasteiger partial charge in [-0.15, -0.1) is 0 Å². The van der Waals surface area contributed by atoms with Gasteiger partial charge in [0.1, 0.15) is 24.1 Å². The number of fused-ring (bicyclic) bond motifs is 3. The van der Waals surface area contributed by atoms with Gasteiger partial charge in [0.2, 0.25) is 0 Å². The quantitative estimate of drug-likeness (QED) is 0.432. The van der Waals surface area contributed by atoms with E-state index in [-0.39, 0.29) is 11.4 Å². The zero-order valence-electron chi connectivity index (χ0n) is 20.0. The van der Waals surface area contributed by atoms with Gasteiger partial charge >= 0.3 is 0 Å². The Morgan fingerprint density at radius 3 is 2.86 bits per heavy atom. The second-order valence-corrected chi connectivity index (χ2v) is 12.0. The van der Waals surface area contributed by atoms with Crippen LogP contribution in [0.2, 0.25) is 0 Å². The van der Waals surface area contributed by atoms with E-state index in [1.54, 1.807) is 12.1 Å². The van der Waals surface area contributed by atoms with E-state index in [2.05, 4.69) is 28.0 Å². The van der Waals surface area contributed by atoms with Crippen molar-refractivity contribution in [3.63, 3.8) is 0 Å². The Labute approximate surface area is 205 Å². The van der Waals surface area contributed by atoms with Crippen molar-refractivity contribution in [3.8, 4) is 16.9 Å². The van der Waals surface area contributed by atoms with Crippen molar-refractivity contribution in [2.24, 2.45) is 0 Å². The Bertz CT molecular complexity index is 1520. The zero-order valence-corrected chi connectivity index (χ0v) is 20.8. The fourth-order valence-electron chi connectivity index (χ4n) is 4.89. The molecule has 1 saturated carbocycles. The molecule has 1 aliphatic carbocycles. The number of likely N-dealkylation sites (N-methyl/N-ethyl adjacent to an activating group) is 1. The normalized spacial score (nSPS) is 19.4. The molecular formula is C27H29N3O4S. The summed E-state index contributed by atoms with van der Waals surface area (Å²) in [5, 5.41) is 1.73. The van der Waals surface area contributed by atoms with Crippen molar-refractivity contribution in [1.82, 2.24) is 14.9 Å². The molecule has 2 aromatic carbocycles. The van der Waals surface area contributed by atoms with Crippen molar-refractivity contribution in [2.75, 3.05) is 33.4 Å². The number of aromatic amines is 1. The summed E-state index contributed by atoms with van der Waals surface area (Å²) in [4.78, 5) is 10.7. The van der Waals surface area contributed by atoms with Gasteiger partial charge in [0.05, 0.1) is 22.3 Å². The molecule has 0 unspecified atom stereocenters. The van der Waals surface area contributed by atoms with Crippen LogP contribution in [0, 0.1) is 6.92 Å². The average Bonchev–Trinajstić information content (AvgIpc) is 3.65. The predicted octanol–water partition coefficient (Wildman–Crippen LogP) is 4.34. The minimum Gasteiger partial charge on any atom is -0.489 e. The molecule has 4 aromatic rings. The molecule has 7 nitrogen and oxygen atoms in total. The number of benzene rings is 2. The summed E-state index contributed by atoms with van der Waals surface area (Å²) < 4.78 is 38.0. The van der Waals surface area contributed by atoms with Crippen molar-refractivity contribution in [1.29, 1.82) is 0 Å². The summed E-state index contributed by atoms with van der Waals surface area (Å²) in [7, 11) is -1.19. The number of H-pyrrole nitrogens is 1. The van der Waals surface area contributed by atoms with Crippen LogP contribution in [0.1, 0.15) is 18.4 Å². The number of aryl methyl sites for hydroxylation is 1. The maximum atomic E-state index is 12.9. The number of hydrogen-bond donors (Lipinski definition) is 1. The minimum absolute atomic E-state index is 0.0116. The highest BCUT2D eigenvalue weighted by molar-refractivity contribution is 7.92. The molecule has 3 heterocycles. The monoisotopic (exact) mass is 491 g/mol. The molecule has 1 atom stereocenters. The first kappa shape index (κ1) is 22.5. The lowest BCUT2D eigenvalue weighted by atomic mass is 9.99. The number of nitrogens with one attached hydrogen (secondary N) is 1. The third-order valence-electron chi connectivity index (χ3n) is 6.91. The molecule has 0 amide bonds. The molecular weight excluding hydrogens is 462 g/mol. The maximum Gasteiger partial charge on any atom is 0.181 e. The number of rotatable bonds is 6. The molecule has 182 valence electrons. The standard InChI is InChI=1S/C27H29N3O4S/c1-17-12-23-25-22(18-4-3-5-21(13-18)35(31,32)20-6-7-20)8-9-24(26(25)29-27(23)28-14-17)34-16-19-15-30(2)10-11-33-19/h3-5,8-9,12-14,19-20H,6-7,10-11,15-16H2,1-2H3,(H,28,29)/t19-/m1/s1. The molecule has 1 aliphatic heterocycles. The van der Waals surface area contributed by atoms with Crippen LogP contribution in [0.5, 0.6) is 5.75 Å². The second-order valence-electron chi connectivity index (χ2n) is 9.73. The summed E-state index contributed by atoms with van der Waals surface area (Å²) in [6.45, 7) is 4.93. The van der Waals surface area contributed by atoms with E-state index in [4.69, 9.17) is 9.47 Å². The fraction of sp³-hybridized carbons (Fsp3) is 0.370. The van der Waals surface area contributed by atoms with Crippen LogP contribution in [0.3, 0.4) is 0 Å². The molecule has 0 spiro atoms. The van der Waals surface area contributed by atoms with Crippen LogP contribution in [0.25, 0.3) is 33.1 Å². The van der Waals surface area contributed by atoms with Crippen molar-refractivity contribution >= 4 is 31.8 Å². The molecule has 2 aliphatic rings. The van der Waals surface area contributed by atoms with Crippen LogP contribution >= 0.6 is 0 Å². The van der Waals surface area contributed by atoms with Crippen molar-refractivity contribution in [3.05, 3.63) is 54.2 Å². The maximum absolute atomic E-state index is 12.9. The average molecular weight is 492 g/mol. The number of ether oxygens (including phenoxy) is 2. The molecule has 2 fully saturated rings. The summed E-state index contributed by atoms with van der Waals surface area (Å²) in [6.07, 6.45) is 3.34. The molecule has 6 rings (SSSR count). The highest BCUT2D eigenvalue weighted by Gasteiger charge is 2.37. The number of sulfone groups is 1. The molecule has 1 N–H and O–H groups in total. The second kappa shape index (κ2) is 8.62. The fourth-order valence-corrected chi connectivity index (χ4v) is 6.59. The highest BCUT2D eigenvalue weighted by Crippen LogP contribution is 2.40. The molecule has 8 heteroatoms. The van der Waals surface area contributed by atoms with Crippen LogP contribution in [0.4, 0.5) is 0 Å². The van der Waals surface area contributed by atoms with Crippen LogP contribution < -0.4 is 4.74 Å². The number of nitrogens with zero attached hydrogens (tertiary/aromatic N) is 2. The lowest BCUT2D eigenvalue weighted by Gasteiger charge is -2.29. The number of morpholine rings is 1. The van der Waals surface area contributed by atoms with Gasteiger partial charge in [-0.2, -0.15) is 0 Å². The predicted molar refractivity (Wildman–Crippen MR) is 137 cm³/mol. The molecule has 0 bridgehead atoms. The van der Waals surface area contributed by atoms with Gasteiger partial charge in [0, 0.05) is 30.1 Å². The topological polar surface area (TPSA) is 84.5 Å². The van der Waals surface area contributed by atoms with Gasteiger partial charge in [-0.3, -0.25) is 0 Å². The molecule has 2 aromatic heterocycles. The first-order chi connectivity index (χ1) is 16.9. The highest BCUT2D eigenvalue weighted by atomic mass is 32.2. The number of pyridine rings is 1. The van der Waals surface area contributed by atoms with E-state index in [0.29, 0.717) is 18.1 Å². The number of hydrogen-bond acceptors (Lipinski definition) is 6. The third-order valence-corrected chi connectivity index (χ3v) is 9.17. The van der Waals surface area contributed by atoms with Crippen LogP contribution in [0.15, 0.2) is 53.6 Å². The Morgan fingerprint density at radius 1 is 1.20 bits per heavy atom. The van der Waals surface area contributed by atoms with Gasteiger partial charge in [-0.05, 0) is 73.8 Å². The lowest BCUT2D eigenvalue weighted by Crippen LogP contribution is -2.42. The molecule has 0 radical (unpaired) electrons. The summed E-state index contributed by atoms with van der Waals surface area (Å²) in [5.41, 5.74) is 4.50. The van der Waals surface area contributed by atoms with E-state index in [0.717, 1.165) is 70.3 Å². The third kappa shape index (κ3) is 4.20. The van der Waals surface area contributed by atoms with E-state index >= 15 is 0 Å². The van der Waals surface area contributed by atoms with Crippen molar-refractivity contribution in [2.45, 2.75) is 36.0 Å². The van der Waals surface area contributed by atoms with E-state index in [1.165, 1.54) is 0 Å². The summed E-state index contributed by atoms with van der Waals surface area (Å²) >= 11 is 0. The Hall–Kier alpha value is -2.94. The molecule has 1 saturated heterocycles. The summed E-state index contributed by atoms with van der Waals surface area (Å²) in [6, 6.07) is 13.4. The van der Waals surface area contributed by atoms with Gasteiger partial charge in [-0.1, -0.05) is 12.1 Å².